The van der Waals surface area contributed by atoms with E-state index < -0.39 is 28.5 Å². The van der Waals surface area contributed by atoms with E-state index in [1.54, 1.807) is 30.3 Å². The number of anilines is 1. The zero-order chi connectivity index (χ0) is 31.9. The van der Waals surface area contributed by atoms with Gasteiger partial charge in [-0.15, -0.1) is 0 Å². The Hall–Kier alpha value is -4.43. The van der Waals surface area contributed by atoms with Crippen LogP contribution in [0.4, 0.5) is 5.69 Å². The van der Waals surface area contributed by atoms with E-state index in [1.165, 1.54) is 17.0 Å². The minimum atomic E-state index is -4.13. The first-order chi connectivity index (χ1) is 21.0. The number of nitrogens with zero attached hydrogens (tertiary/aromatic N) is 2. The molecule has 0 saturated carbocycles. The Kier molecular flexibility index (Phi) is 10.6. The number of amides is 2. The maximum atomic E-state index is 14.5. The van der Waals surface area contributed by atoms with E-state index in [9.17, 15) is 18.0 Å². The molecule has 44 heavy (non-hydrogen) atoms. The molecule has 0 aromatic heterocycles. The average molecular weight is 612 g/mol. The number of rotatable bonds is 12. The van der Waals surface area contributed by atoms with Crippen molar-refractivity contribution in [3.63, 3.8) is 0 Å². The third kappa shape index (κ3) is 8.14. The largest absolute Gasteiger partial charge is 0.352 e. The Morgan fingerprint density at radius 1 is 0.750 bits per heavy atom. The summed E-state index contributed by atoms with van der Waals surface area (Å²) < 4.78 is 29.4. The number of benzene rings is 4. The number of hydrogen-bond donors (Lipinski definition) is 1. The number of carbonyl (C=O) groups is 2. The van der Waals surface area contributed by atoms with Gasteiger partial charge in [0.25, 0.3) is 10.0 Å². The SMILES string of the molecule is Cc1ccc(CN(C(=O)CN(c2ccc(C)c(C)c2)S(=O)(=O)c2ccccc2)[C@H](Cc2ccccc2)C(=O)NC(C)C)cc1. The Morgan fingerprint density at radius 3 is 1.95 bits per heavy atom. The molecule has 4 rings (SSSR count). The second-order valence-corrected chi connectivity index (χ2v) is 13.3. The Bertz CT molecular complexity index is 1670. The molecular formula is C36H41N3O4S. The summed E-state index contributed by atoms with van der Waals surface area (Å²) in [6.07, 6.45) is 0.270. The normalized spacial score (nSPS) is 12.0. The molecule has 7 nitrogen and oxygen atoms in total. The summed E-state index contributed by atoms with van der Waals surface area (Å²) in [6, 6.07) is 29.7. The van der Waals surface area contributed by atoms with Crippen molar-refractivity contribution < 1.29 is 18.0 Å². The van der Waals surface area contributed by atoms with Gasteiger partial charge in [-0.2, -0.15) is 0 Å². The van der Waals surface area contributed by atoms with Crippen molar-refractivity contribution in [1.29, 1.82) is 0 Å². The molecule has 0 aliphatic carbocycles. The lowest BCUT2D eigenvalue weighted by Gasteiger charge is -2.34. The van der Waals surface area contributed by atoms with Crippen molar-refractivity contribution in [2.45, 2.75) is 64.6 Å². The fraction of sp³-hybridized carbons (Fsp3) is 0.278. The highest BCUT2D eigenvalue weighted by atomic mass is 32.2. The zero-order valence-corrected chi connectivity index (χ0v) is 26.8. The molecule has 4 aromatic carbocycles. The number of carbonyl (C=O) groups excluding carboxylic acids is 2. The van der Waals surface area contributed by atoms with E-state index >= 15 is 0 Å². The van der Waals surface area contributed by atoms with Crippen molar-refractivity contribution in [2.24, 2.45) is 0 Å². The summed E-state index contributed by atoms with van der Waals surface area (Å²) in [7, 11) is -4.13. The van der Waals surface area contributed by atoms with Crippen LogP contribution in [-0.2, 0) is 32.6 Å². The van der Waals surface area contributed by atoms with E-state index in [-0.39, 0.29) is 29.8 Å². The number of sulfonamides is 1. The molecule has 2 amide bonds. The molecule has 0 spiro atoms. The molecule has 230 valence electrons. The maximum absolute atomic E-state index is 14.5. The van der Waals surface area contributed by atoms with Crippen molar-refractivity contribution in [3.8, 4) is 0 Å². The van der Waals surface area contributed by atoms with E-state index in [1.807, 2.05) is 95.3 Å². The Morgan fingerprint density at radius 2 is 1.36 bits per heavy atom. The molecule has 0 unspecified atom stereocenters. The monoisotopic (exact) mass is 611 g/mol. The molecule has 8 heteroatoms. The zero-order valence-electron chi connectivity index (χ0n) is 26.0. The van der Waals surface area contributed by atoms with Crippen LogP contribution in [-0.4, -0.2) is 43.8 Å². The maximum Gasteiger partial charge on any atom is 0.264 e. The molecule has 1 N–H and O–H groups in total. The molecule has 0 fully saturated rings. The van der Waals surface area contributed by atoms with Gasteiger partial charge in [0.15, 0.2) is 0 Å². The highest BCUT2D eigenvalue weighted by Gasteiger charge is 2.34. The summed E-state index contributed by atoms with van der Waals surface area (Å²) in [6.45, 7) is 9.24. The first-order valence-electron chi connectivity index (χ1n) is 14.8. The lowest BCUT2D eigenvalue weighted by atomic mass is 10.0. The topological polar surface area (TPSA) is 86.8 Å². The van der Waals surface area contributed by atoms with Gasteiger partial charge in [0.05, 0.1) is 10.6 Å². The minimum absolute atomic E-state index is 0.0782. The second-order valence-electron chi connectivity index (χ2n) is 11.5. The van der Waals surface area contributed by atoms with E-state index in [0.717, 1.165) is 32.1 Å². The van der Waals surface area contributed by atoms with Crippen molar-refractivity contribution in [2.75, 3.05) is 10.8 Å². The van der Waals surface area contributed by atoms with E-state index in [2.05, 4.69) is 5.32 Å². The van der Waals surface area contributed by atoms with Crippen LogP contribution in [0.2, 0.25) is 0 Å². The van der Waals surface area contributed by atoms with Crippen molar-refractivity contribution in [1.82, 2.24) is 10.2 Å². The molecule has 0 saturated heterocycles. The fourth-order valence-electron chi connectivity index (χ4n) is 4.95. The lowest BCUT2D eigenvalue weighted by molar-refractivity contribution is -0.140. The summed E-state index contributed by atoms with van der Waals surface area (Å²) in [4.78, 5) is 29.9. The minimum Gasteiger partial charge on any atom is -0.352 e. The highest BCUT2D eigenvalue weighted by Crippen LogP contribution is 2.27. The Balaban J connectivity index is 1.81. The van der Waals surface area contributed by atoms with Gasteiger partial charge in [0, 0.05) is 19.0 Å². The third-order valence-corrected chi connectivity index (χ3v) is 9.35. The summed E-state index contributed by atoms with van der Waals surface area (Å²) >= 11 is 0. The van der Waals surface area contributed by atoms with Gasteiger partial charge < -0.3 is 10.2 Å². The number of nitrogens with one attached hydrogen (secondary N) is 1. The van der Waals surface area contributed by atoms with Crippen LogP contribution in [0.15, 0.2) is 108 Å². The molecular weight excluding hydrogens is 570 g/mol. The molecule has 0 aliphatic heterocycles. The average Bonchev–Trinajstić information content (AvgIpc) is 3.00. The van der Waals surface area contributed by atoms with Crippen LogP contribution < -0.4 is 9.62 Å². The van der Waals surface area contributed by atoms with Gasteiger partial charge >= 0.3 is 0 Å². The predicted molar refractivity (Wildman–Crippen MR) is 176 cm³/mol. The highest BCUT2D eigenvalue weighted by molar-refractivity contribution is 7.92. The predicted octanol–water partition coefficient (Wildman–Crippen LogP) is 5.97. The van der Waals surface area contributed by atoms with Gasteiger partial charge in [-0.25, -0.2) is 8.42 Å². The molecule has 0 aliphatic rings. The van der Waals surface area contributed by atoms with Gasteiger partial charge in [-0.05, 0) is 81.1 Å². The molecule has 4 aromatic rings. The molecule has 0 bridgehead atoms. The smallest absolute Gasteiger partial charge is 0.264 e. The molecule has 0 heterocycles. The third-order valence-electron chi connectivity index (χ3n) is 7.56. The van der Waals surface area contributed by atoms with Gasteiger partial charge in [0.2, 0.25) is 11.8 Å². The van der Waals surface area contributed by atoms with Crippen LogP contribution in [0.25, 0.3) is 0 Å². The summed E-state index contributed by atoms with van der Waals surface area (Å²) in [5, 5.41) is 2.98. The van der Waals surface area contributed by atoms with Crippen LogP contribution in [0.5, 0.6) is 0 Å². The van der Waals surface area contributed by atoms with E-state index in [0.29, 0.717) is 5.69 Å². The standard InChI is InChI=1S/C36H41N3O4S/c1-26(2)37-36(41)34(23-30-12-8-6-9-13-30)38(24-31-19-16-27(3)17-20-31)35(40)25-39(32-21-18-28(4)29(5)22-32)44(42,43)33-14-10-7-11-15-33/h6-22,26,34H,23-25H2,1-5H3,(H,37,41)/t34-/m1/s1. The van der Waals surface area contributed by atoms with Crippen molar-refractivity contribution in [3.05, 3.63) is 131 Å². The van der Waals surface area contributed by atoms with Crippen LogP contribution in [0.1, 0.15) is 41.7 Å². The first-order valence-corrected chi connectivity index (χ1v) is 16.2. The Labute approximate surface area is 261 Å². The van der Waals surface area contributed by atoms with E-state index in [4.69, 9.17) is 0 Å². The quantitative estimate of drug-likeness (QED) is 0.214. The fourth-order valence-corrected chi connectivity index (χ4v) is 6.38. The number of aryl methyl sites for hydroxylation is 3. The van der Waals surface area contributed by atoms with Crippen LogP contribution in [0.3, 0.4) is 0 Å². The second kappa shape index (κ2) is 14.4. The lowest BCUT2D eigenvalue weighted by Crippen LogP contribution is -2.54. The van der Waals surface area contributed by atoms with Crippen molar-refractivity contribution >= 4 is 27.5 Å². The summed E-state index contributed by atoms with van der Waals surface area (Å²) in [5.74, 6) is -0.781. The van der Waals surface area contributed by atoms with Crippen LogP contribution in [0, 0.1) is 20.8 Å². The molecule has 0 radical (unpaired) electrons. The molecule has 1 atom stereocenters. The summed E-state index contributed by atoms with van der Waals surface area (Å²) in [5.41, 5.74) is 5.08. The van der Waals surface area contributed by atoms with Gasteiger partial charge in [0.1, 0.15) is 12.6 Å². The first kappa shape index (κ1) is 32.5. The van der Waals surface area contributed by atoms with Crippen LogP contribution >= 0.6 is 0 Å². The van der Waals surface area contributed by atoms with Gasteiger partial charge in [-0.1, -0.05) is 84.4 Å². The number of hydrogen-bond acceptors (Lipinski definition) is 4. The van der Waals surface area contributed by atoms with Gasteiger partial charge in [-0.3, -0.25) is 13.9 Å².